The van der Waals surface area contributed by atoms with Crippen molar-refractivity contribution in [2.75, 3.05) is 12.4 Å². The molecule has 1 aromatic rings. The van der Waals surface area contributed by atoms with Crippen molar-refractivity contribution in [3.05, 3.63) is 60.2 Å². The van der Waals surface area contributed by atoms with Crippen molar-refractivity contribution >= 4 is 16.0 Å². The molecule has 6 nitrogen and oxygen atoms in total. The molecule has 1 aromatic carbocycles. The molecule has 0 bridgehead atoms. The molecule has 0 aromatic heterocycles. The number of rotatable bonds is 8. The first-order valence-electron chi connectivity index (χ1n) is 7.70. The van der Waals surface area contributed by atoms with Crippen LogP contribution in [0.5, 0.6) is 0 Å². The summed E-state index contributed by atoms with van der Waals surface area (Å²) in [6, 6.07) is 9.94. The largest absolute Gasteiger partial charge is 0.385 e. The van der Waals surface area contributed by atoms with Crippen LogP contribution in [0.15, 0.2) is 54.6 Å². The third kappa shape index (κ3) is 5.02. The number of ether oxygens (including phenoxy) is 1. The molecule has 0 fully saturated rings. The predicted molar refractivity (Wildman–Crippen MR) is 93.7 cm³/mol. The van der Waals surface area contributed by atoms with Crippen LogP contribution in [0, 0.1) is 5.41 Å². The third-order valence-electron chi connectivity index (χ3n) is 3.85. The first-order valence-corrected chi connectivity index (χ1v) is 9.31. The Balaban J connectivity index is 1.95. The molecule has 0 spiro atoms. The molecular weight excluding hydrogens is 328 g/mol. The lowest BCUT2D eigenvalue weighted by Gasteiger charge is -2.30. The fourth-order valence-corrected chi connectivity index (χ4v) is 3.06. The van der Waals surface area contributed by atoms with Gasteiger partial charge in [-0.3, -0.25) is 9.96 Å². The smallest absolute Gasteiger partial charge is 0.264 e. The molecule has 130 valence electrons. The van der Waals surface area contributed by atoms with Gasteiger partial charge in [-0.1, -0.05) is 42.5 Å². The van der Waals surface area contributed by atoms with Crippen LogP contribution in [0.4, 0.5) is 0 Å². The highest BCUT2D eigenvalue weighted by atomic mass is 32.2. The van der Waals surface area contributed by atoms with Crippen LogP contribution < -0.4 is 5.73 Å². The SMILES string of the molecule is N=C(N)C1(OCCCCS(=O)(=O)O)C=CC(c2ccccc2)C=C1. The summed E-state index contributed by atoms with van der Waals surface area (Å²) in [5, 5.41) is 7.80. The van der Waals surface area contributed by atoms with Crippen LogP contribution in [0.25, 0.3) is 0 Å². The van der Waals surface area contributed by atoms with E-state index >= 15 is 0 Å². The summed E-state index contributed by atoms with van der Waals surface area (Å²) in [7, 11) is -3.95. The number of hydrogen-bond donors (Lipinski definition) is 3. The van der Waals surface area contributed by atoms with Crippen molar-refractivity contribution in [1.82, 2.24) is 0 Å². The Morgan fingerprint density at radius 2 is 1.83 bits per heavy atom. The van der Waals surface area contributed by atoms with Crippen LogP contribution in [0.1, 0.15) is 24.3 Å². The fourth-order valence-electron chi connectivity index (χ4n) is 2.49. The Morgan fingerprint density at radius 1 is 1.21 bits per heavy atom. The van der Waals surface area contributed by atoms with Gasteiger partial charge in [0.25, 0.3) is 10.1 Å². The van der Waals surface area contributed by atoms with Crippen molar-refractivity contribution in [2.45, 2.75) is 24.4 Å². The summed E-state index contributed by atoms with van der Waals surface area (Å²) in [6.45, 7) is 0.236. The topological polar surface area (TPSA) is 113 Å². The predicted octanol–water partition coefficient (Wildman–Crippen LogP) is 2.26. The standard InChI is InChI=1S/C17H22N2O4S/c18-16(19)17(23-12-4-5-13-24(20,21)22)10-8-15(9-11-17)14-6-2-1-3-7-14/h1-3,6-11,15H,4-5,12-13H2,(H3,18,19)(H,20,21,22). The summed E-state index contributed by atoms with van der Waals surface area (Å²) in [5.41, 5.74) is 5.73. The second-order valence-corrected chi connectivity index (χ2v) is 7.28. The van der Waals surface area contributed by atoms with Crippen molar-refractivity contribution in [3.8, 4) is 0 Å². The van der Waals surface area contributed by atoms with Gasteiger partial charge in [0.1, 0.15) is 5.84 Å². The zero-order valence-electron chi connectivity index (χ0n) is 13.3. The Morgan fingerprint density at radius 3 is 2.38 bits per heavy atom. The number of allylic oxidation sites excluding steroid dienone is 2. The molecule has 0 unspecified atom stereocenters. The monoisotopic (exact) mass is 350 g/mol. The molecule has 0 heterocycles. The van der Waals surface area contributed by atoms with E-state index in [9.17, 15) is 8.42 Å². The second-order valence-electron chi connectivity index (χ2n) is 5.70. The molecule has 1 aliphatic carbocycles. The summed E-state index contributed by atoms with van der Waals surface area (Å²) < 4.78 is 35.8. The molecule has 1 aliphatic rings. The van der Waals surface area contributed by atoms with Crippen LogP contribution in [0.2, 0.25) is 0 Å². The zero-order valence-corrected chi connectivity index (χ0v) is 14.1. The summed E-state index contributed by atoms with van der Waals surface area (Å²) in [5.74, 6) is -0.330. The van der Waals surface area contributed by atoms with E-state index in [0.29, 0.717) is 6.42 Å². The van der Waals surface area contributed by atoms with Gasteiger partial charge in [-0.2, -0.15) is 8.42 Å². The van der Waals surface area contributed by atoms with E-state index in [1.807, 2.05) is 42.5 Å². The van der Waals surface area contributed by atoms with Crippen LogP contribution in [-0.2, 0) is 14.9 Å². The van der Waals surface area contributed by atoms with E-state index in [-0.39, 0.29) is 30.5 Å². The van der Waals surface area contributed by atoms with Gasteiger partial charge >= 0.3 is 0 Å². The first kappa shape index (κ1) is 18.4. The van der Waals surface area contributed by atoms with Gasteiger partial charge in [0.15, 0.2) is 5.60 Å². The highest BCUT2D eigenvalue weighted by Crippen LogP contribution is 2.29. The Labute approximate surface area is 142 Å². The zero-order chi connectivity index (χ0) is 17.6. The highest BCUT2D eigenvalue weighted by molar-refractivity contribution is 7.85. The maximum absolute atomic E-state index is 10.7. The minimum atomic E-state index is -3.95. The number of nitrogens with one attached hydrogen (secondary N) is 1. The Hall–Kier alpha value is -1.96. The summed E-state index contributed by atoms with van der Waals surface area (Å²) in [4.78, 5) is 0. The Bertz CT molecular complexity index is 712. The van der Waals surface area contributed by atoms with Gasteiger partial charge in [-0.25, -0.2) is 0 Å². The molecule has 0 atom stereocenters. The number of hydrogen-bond acceptors (Lipinski definition) is 4. The Kier molecular flexibility index (Phi) is 5.93. The van der Waals surface area contributed by atoms with Crippen molar-refractivity contribution in [3.63, 3.8) is 0 Å². The van der Waals surface area contributed by atoms with E-state index in [0.717, 1.165) is 5.56 Å². The molecular formula is C17H22N2O4S. The molecule has 4 N–H and O–H groups in total. The molecule has 0 saturated heterocycles. The van der Waals surface area contributed by atoms with Gasteiger partial charge in [0, 0.05) is 12.5 Å². The van der Waals surface area contributed by atoms with E-state index in [1.54, 1.807) is 12.2 Å². The fraction of sp³-hybridized carbons (Fsp3) is 0.353. The van der Waals surface area contributed by atoms with Crippen LogP contribution in [-0.4, -0.2) is 36.8 Å². The third-order valence-corrected chi connectivity index (χ3v) is 4.65. The molecule has 2 rings (SSSR count). The second kappa shape index (κ2) is 7.74. The molecule has 0 amide bonds. The molecule has 24 heavy (non-hydrogen) atoms. The van der Waals surface area contributed by atoms with Gasteiger partial charge in [-0.15, -0.1) is 0 Å². The lowest BCUT2D eigenvalue weighted by Crippen LogP contribution is -2.43. The minimum absolute atomic E-state index is 0.0989. The van der Waals surface area contributed by atoms with Crippen molar-refractivity contribution in [1.29, 1.82) is 5.41 Å². The van der Waals surface area contributed by atoms with Gasteiger partial charge in [-0.05, 0) is 30.6 Å². The number of unbranched alkanes of at least 4 members (excludes halogenated alkanes) is 1. The number of amidine groups is 1. The van der Waals surface area contributed by atoms with Gasteiger partial charge in [0.2, 0.25) is 0 Å². The van der Waals surface area contributed by atoms with Gasteiger partial charge < -0.3 is 10.5 Å². The molecule has 0 radical (unpaired) electrons. The normalized spacial score (nSPS) is 23.3. The summed E-state index contributed by atoms with van der Waals surface area (Å²) >= 11 is 0. The number of nitrogens with two attached hydrogens (primary N) is 1. The molecule has 0 aliphatic heterocycles. The van der Waals surface area contributed by atoms with E-state index in [1.165, 1.54) is 0 Å². The van der Waals surface area contributed by atoms with Crippen molar-refractivity contribution in [2.24, 2.45) is 5.73 Å². The lowest BCUT2D eigenvalue weighted by atomic mass is 9.87. The average Bonchev–Trinajstić information content (AvgIpc) is 2.54. The molecule has 0 saturated carbocycles. The summed E-state index contributed by atoms with van der Waals surface area (Å²) in [6.07, 6.45) is 8.13. The quantitative estimate of drug-likeness (QED) is 0.219. The van der Waals surface area contributed by atoms with E-state index in [2.05, 4.69) is 0 Å². The van der Waals surface area contributed by atoms with Gasteiger partial charge in [0.05, 0.1) is 5.75 Å². The molecule has 7 heteroatoms. The van der Waals surface area contributed by atoms with Crippen LogP contribution >= 0.6 is 0 Å². The van der Waals surface area contributed by atoms with Crippen LogP contribution in [0.3, 0.4) is 0 Å². The lowest BCUT2D eigenvalue weighted by molar-refractivity contribution is 0.0708. The van der Waals surface area contributed by atoms with E-state index < -0.39 is 15.7 Å². The maximum Gasteiger partial charge on any atom is 0.264 e. The van der Waals surface area contributed by atoms with E-state index in [4.69, 9.17) is 20.4 Å². The first-order chi connectivity index (χ1) is 11.3. The number of benzene rings is 1. The van der Waals surface area contributed by atoms with Crippen molar-refractivity contribution < 1.29 is 17.7 Å². The average molecular weight is 350 g/mol. The minimum Gasteiger partial charge on any atom is -0.385 e. The maximum atomic E-state index is 10.7. The highest BCUT2D eigenvalue weighted by Gasteiger charge is 2.31.